The van der Waals surface area contributed by atoms with Crippen molar-refractivity contribution < 1.29 is 4.79 Å². The molecule has 0 radical (unpaired) electrons. The molecule has 0 spiro atoms. The Morgan fingerprint density at radius 1 is 1.16 bits per heavy atom. The van der Waals surface area contributed by atoms with E-state index >= 15 is 0 Å². The summed E-state index contributed by atoms with van der Waals surface area (Å²) in [5, 5.41) is 7.47. The maximum absolute atomic E-state index is 12.6. The zero-order chi connectivity index (χ0) is 17.8. The number of amides is 1. The van der Waals surface area contributed by atoms with Crippen molar-refractivity contribution >= 4 is 17.2 Å². The molecule has 5 heteroatoms. The normalized spacial score (nSPS) is 17.4. The third-order valence-corrected chi connectivity index (χ3v) is 5.83. The van der Waals surface area contributed by atoms with E-state index in [-0.39, 0.29) is 11.9 Å². The van der Waals surface area contributed by atoms with Crippen molar-refractivity contribution in [1.82, 2.24) is 15.1 Å². The van der Waals surface area contributed by atoms with Gasteiger partial charge in [0, 0.05) is 38.3 Å². The van der Waals surface area contributed by atoms with Crippen LogP contribution in [0.15, 0.2) is 35.0 Å². The molecule has 1 aromatic carbocycles. The van der Waals surface area contributed by atoms with Crippen LogP contribution in [0.25, 0.3) is 0 Å². The fourth-order valence-electron chi connectivity index (χ4n) is 3.23. The Labute approximate surface area is 154 Å². The summed E-state index contributed by atoms with van der Waals surface area (Å²) in [4.78, 5) is 17.4. The number of benzene rings is 1. The zero-order valence-electron chi connectivity index (χ0n) is 15.3. The molecule has 2 heterocycles. The summed E-state index contributed by atoms with van der Waals surface area (Å²) in [6, 6.07) is 8.32. The molecular weight excluding hydrogens is 330 g/mol. The van der Waals surface area contributed by atoms with Crippen LogP contribution in [-0.2, 0) is 0 Å². The minimum atomic E-state index is 0.0115. The molecule has 25 heavy (non-hydrogen) atoms. The van der Waals surface area contributed by atoms with Gasteiger partial charge in [-0.2, -0.15) is 11.3 Å². The van der Waals surface area contributed by atoms with E-state index in [9.17, 15) is 4.79 Å². The van der Waals surface area contributed by atoms with Crippen LogP contribution < -0.4 is 5.32 Å². The average molecular weight is 358 g/mol. The lowest BCUT2D eigenvalue weighted by molar-refractivity contribution is 0.0886. The van der Waals surface area contributed by atoms with Crippen LogP contribution in [0.5, 0.6) is 0 Å². The molecule has 0 saturated carbocycles. The molecule has 1 aromatic heterocycles. The fourth-order valence-corrected chi connectivity index (χ4v) is 3.94. The SMILES string of the molecule is Cc1ccc(C(=O)NC[C@@H](c2ccsc2)N2CCN(C)CC2)cc1C. The van der Waals surface area contributed by atoms with Crippen LogP contribution in [0.4, 0.5) is 0 Å². The van der Waals surface area contributed by atoms with Crippen molar-refractivity contribution in [2.45, 2.75) is 19.9 Å². The molecule has 0 unspecified atom stereocenters. The molecule has 1 aliphatic rings. The van der Waals surface area contributed by atoms with E-state index in [0.717, 1.165) is 37.3 Å². The Balaban J connectivity index is 1.68. The Kier molecular flexibility index (Phi) is 5.89. The predicted octanol–water partition coefficient (Wildman–Crippen LogP) is 3.08. The molecule has 2 aromatic rings. The Morgan fingerprint density at radius 3 is 2.56 bits per heavy atom. The smallest absolute Gasteiger partial charge is 0.251 e. The Hall–Kier alpha value is -1.69. The molecule has 1 saturated heterocycles. The monoisotopic (exact) mass is 357 g/mol. The summed E-state index contributed by atoms with van der Waals surface area (Å²) in [5.74, 6) is 0.0115. The lowest BCUT2D eigenvalue weighted by atomic mass is 10.1. The first-order valence-corrected chi connectivity index (χ1v) is 9.79. The summed E-state index contributed by atoms with van der Waals surface area (Å²) in [5.41, 5.74) is 4.41. The van der Waals surface area contributed by atoms with Gasteiger partial charge in [-0.1, -0.05) is 6.07 Å². The van der Waals surface area contributed by atoms with Crippen molar-refractivity contribution in [3.63, 3.8) is 0 Å². The van der Waals surface area contributed by atoms with Gasteiger partial charge in [0.05, 0.1) is 6.04 Å². The number of nitrogens with zero attached hydrogens (tertiary/aromatic N) is 2. The number of hydrogen-bond donors (Lipinski definition) is 1. The van der Waals surface area contributed by atoms with Gasteiger partial charge in [0.25, 0.3) is 5.91 Å². The summed E-state index contributed by atoms with van der Waals surface area (Å²) in [6.45, 7) is 8.98. The van der Waals surface area contributed by atoms with Gasteiger partial charge in [0.1, 0.15) is 0 Å². The summed E-state index contributed by atoms with van der Waals surface area (Å²) in [6.07, 6.45) is 0. The van der Waals surface area contributed by atoms with Gasteiger partial charge in [0.15, 0.2) is 0 Å². The second kappa shape index (κ2) is 8.13. The van der Waals surface area contributed by atoms with Gasteiger partial charge < -0.3 is 10.2 Å². The summed E-state index contributed by atoms with van der Waals surface area (Å²) >= 11 is 1.72. The van der Waals surface area contributed by atoms with Crippen LogP contribution in [0.3, 0.4) is 0 Å². The van der Waals surface area contributed by atoms with Crippen molar-refractivity contribution in [3.05, 3.63) is 57.3 Å². The number of carbonyl (C=O) groups excluding carboxylic acids is 1. The molecule has 4 nitrogen and oxygen atoms in total. The standard InChI is InChI=1S/C20H27N3OS/c1-15-4-5-17(12-16(15)2)20(24)21-13-19(18-6-11-25-14-18)23-9-7-22(3)8-10-23/h4-6,11-12,14,19H,7-10,13H2,1-3H3,(H,21,24)/t19-/m0/s1. The fraction of sp³-hybridized carbons (Fsp3) is 0.450. The number of carbonyl (C=O) groups is 1. The zero-order valence-corrected chi connectivity index (χ0v) is 16.1. The third-order valence-electron chi connectivity index (χ3n) is 5.13. The highest BCUT2D eigenvalue weighted by Crippen LogP contribution is 2.24. The second-order valence-electron chi connectivity index (χ2n) is 6.92. The van der Waals surface area contributed by atoms with E-state index in [4.69, 9.17) is 0 Å². The van der Waals surface area contributed by atoms with Crippen LogP contribution in [0.1, 0.15) is 33.1 Å². The predicted molar refractivity (Wildman–Crippen MR) is 104 cm³/mol. The molecule has 3 rings (SSSR count). The Morgan fingerprint density at radius 2 is 1.92 bits per heavy atom. The van der Waals surface area contributed by atoms with Gasteiger partial charge in [0.2, 0.25) is 0 Å². The summed E-state index contributed by atoms with van der Waals surface area (Å²) in [7, 11) is 2.17. The number of rotatable bonds is 5. The van der Waals surface area contributed by atoms with Crippen LogP contribution in [0, 0.1) is 13.8 Å². The number of piperazine rings is 1. The molecule has 1 atom stereocenters. The second-order valence-corrected chi connectivity index (χ2v) is 7.70. The highest BCUT2D eigenvalue weighted by atomic mass is 32.1. The minimum Gasteiger partial charge on any atom is -0.350 e. The van der Waals surface area contributed by atoms with E-state index in [0.29, 0.717) is 6.54 Å². The van der Waals surface area contributed by atoms with E-state index in [2.05, 4.69) is 45.9 Å². The van der Waals surface area contributed by atoms with E-state index in [1.54, 1.807) is 11.3 Å². The van der Waals surface area contributed by atoms with Gasteiger partial charge in [-0.3, -0.25) is 9.69 Å². The van der Waals surface area contributed by atoms with E-state index in [1.165, 1.54) is 11.1 Å². The number of hydrogen-bond acceptors (Lipinski definition) is 4. The van der Waals surface area contributed by atoms with Crippen molar-refractivity contribution in [1.29, 1.82) is 0 Å². The largest absolute Gasteiger partial charge is 0.350 e. The van der Waals surface area contributed by atoms with Crippen LogP contribution in [-0.4, -0.2) is 55.5 Å². The molecule has 1 aliphatic heterocycles. The first-order valence-electron chi connectivity index (χ1n) is 8.85. The van der Waals surface area contributed by atoms with Crippen molar-refractivity contribution in [2.24, 2.45) is 0 Å². The molecule has 1 N–H and O–H groups in total. The number of aryl methyl sites for hydroxylation is 2. The number of thiophene rings is 1. The van der Waals surface area contributed by atoms with E-state index < -0.39 is 0 Å². The maximum atomic E-state index is 12.6. The lowest BCUT2D eigenvalue weighted by Gasteiger charge is -2.38. The molecule has 1 amide bonds. The quantitative estimate of drug-likeness (QED) is 0.893. The topological polar surface area (TPSA) is 35.6 Å². The molecule has 0 bridgehead atoms. The molecule has 0 aliphatic carbocycles. The first kappa shape index (κ1) is 18.1. The van der Waals surface area contributed by atoms with Gasteiger partial charge >= 0.3 is 0 Å². The average Bonchev–Trinajstić information content (AvgIpc) is 3.13. The summed E-state index contributed by atoms with van der Waals surface area (Å²) < 4.78 is 0. The Bertz CT molecular complexity index is 706. The number of likely N-dealkylation sites (N-methyl/N-ethyl adjacent to an activating group) is 1. The van der Waals surface area contributed by atoms with Crippen LogP contribution >= 0.6 is 11.3 Å². The third kappa shape index (κ3) is 4.48. The maximum Gasteiger partial charge on any atom is 0.251 e. The number of nitrogens with one attached hydrogen (secondary N) is 1. The first-order chi connectivity index (χ1) is 12.0. The minimum absolute atomic E-state index is 0.0115. The highest BCUT2D eigenvalue weighted by Gasteiger charge is 2.24. The van der Waals surface area contributed by atoms with Crippen molar-refractivity contribution in [2.75, 3.05) is 39.8 Å². The van der Waals surface area contributed by atoms with Crippen LogP contribution in [0.2, 0.25) is 0 Å². The van der Waals surface area contributed by atoms with Gasteiger partial charge in [-0.25, -0.2) is 0 Å². The molecule has 1 fully saturated rings. The van der Waals surface area contributed by atoms with E-state index in [1.807, 2.05) is 25.1 Å². The van der Waals surface area contributed by atoms with Crippen molar-refractivity contribution in [3.8, 4) is 0 Å². The lowest BCUT2D eigenvalue weighted by Crippen LogP contribution is -2.48. The highest BCUT2D eigenvalue weighted by molar-refractivity contribution is 7.07. The van der Waals surface area contributed by atoms with Gasteiger partial charge in [-0.15, -0.1) is 0 Å². The van der Waals surface area contributed by atoms with Gasteiger partial charge in [-0.05, 0) is 66.5 Å². The molecular formula is C20H27N3OS. The molecule has 134 valence electrons.